The van der Waals surface area contributed by atoms with E-state index in [1.54, 1.807) is 36.5 Å². The molecule has 0 saturated heterocycles. The van der Waals surface area contributed by atoms with E-state index in [0.29, 0.717) is 34.6 Å². The number of aromatic nitrogens is 2. The molecule has 0 aliphatic heterocycles. The van der Waals surface area contributed by atoms with Crippen molar-refractivity contribution in [1.82, 2.24) is 9.97 Å². The number of halogens is 1. The average Bonchev–Trinajstić information content (AvgIpc) is 3.26. The molecule has 0 N–H and O–H groups in total. The van der Waals surface area contributed by atoms with Crippen LogP contribution in [0.15, 0.2) is 60.9 Å². The first-order valence-corrected chi connectivity index (χ1v) is 11.3. The second-order valence-electron chi connectivity index (χ2n) is 7.02. The van der Waals surface area contributed by atoms with Crippen molar-refractivity contribution < 1.29 is 14.3 Å². The summed E-state index contributed by atoms with van der Waals surface area (Å²) >= 11 is 7.77. The number of anilines is 1. The Kier molecular flexibility index (Phi) is 6.87. The Balaban J connectivity index is 1.68. The van der Waals surface area contributed by atoms with Crippen molar-refractivity contribution in [2.75, 3.05) is 18.6 Å². The van der Waals surface area contributed by atoms with Gasteiger partial charge in [-0.1, -0.05) is 41.1 Å². The predicted molar refractivity (Wildman–Crippen MR) is 128 cm³/mol. The maximum atomic E-state index is 13.4. The SMILES string of the molecule is CCOc1ccc(CC(=O)N(Cc2cccnc2)c2nc3c(OC)ccc(Cl)c3s2)cc1. The third kappa shape index (κ3) is 4.84. The standard InChI is InChI=1S/C24H22ClN3O3S/c1-3-31-18-8-6-16(7-9-18)13-21(29)28(15-17-5-4-12-26-14-17)24-27-22-20(30-2)11-10-19(25)23(22)32-24/h4-12,14H,3,13,15H2,1-2H3. The van der Waals surface area contributed by atoms with Crippen molar-refractivity contribution in [3.63, 3.8) is 0 Å². The number of pyridine rings is 1. The summed E-state index contributed by atoms with van der Waals surface area (Å²) in [6, 6.07) is 14.9. The van der Waals surface area contributed by atoms with Crippen LogP contribution in [0, 0.1) is 0 Å². The van der Waals surface area contributed by atoms with Crippen molar-refractivity contribution in [1.29, 1.82) is 0 Å². The van der Waals surface area contributed by atoms with Gasteiger partial charge in [0.2, 0.25) is 5.91 Å². The van der Waals surface area contributed by atoms with Gasteiger partial charge in [-0.3, -0.25) is 14.7 Å². The minimum Gasteiger partial charge on any atom is -0.494 e. The third-order valence-corrected chi connectivity index (χ3v) is 6.39. The van der Waals surface area contributed by atoms with Gasteiger partial charge in [0.05, 0.1) is 36.4 Å². The molecular formula is C24H22ClN3O3S. The van der Waals surface area contributed by atoms with Crippen molar-refractivity contribution >= 4 is 44.2 Å². The number of hydrogen-bond acceptors (Lipinski definition) is 6. The summed E-state index contributed by atoms with van der Waals surface area (Å²) < 4.78 is 11.7. The van der Waals surface area contributed by atoms with E-state index in [1.165, 1.54) is 11.3 Å². The van der Waals surface area contributed by atoms with Crippen molar-refractivity contribution in [2.24, 2.45) is 0 Å². The number of ether oxygens (including phenoxy) is 2. The lowest BCUT2D eigenvalue weighted by atomic mass is 10.1. The maximum absolute atomic E-state index is 13.4. The summed E-state index contributed by atoms with van der Waals surface area (Å²) in [5, 5.41) is 1.14. The molecule has 8 heteroatoms. The van der Waals surface area contributed by atoms with Crippen LogP contribution in [0.2, 0.25) is 5.02 Å². The highest BCUT2D eigenvalue weighted by Gasteiger charge is 2.23. The van der Waals surface area contributed by atoms with Crippen LogP contribution >= 0.6 is 22.9 Å². The Morgan fingerprint density at radius 3 is 2.62 bits per heavy atom. The summed E-state index contributed by atoms with van der Waals surface area (Å²) in [5.41, 5.74) is 2.45. The molecule has 0 radical (unpaired) electrons. The summed E-state index contributed by atoms with van der Waals surface area (Å²) in [6.45, 7) is 2.89. The molecule has 4 aromatic rings. The Hall–Kier alpha value is -3.16. The summed E-state index contributed by atoms with van der Waals surface area (Å²) in [6.07, 6.45) is 3.68. The minimum atomic E-state index is -0.0767. The molecule has 0 unspecified atom stereocenters. The molecule has 2 aromatic heterocycles. The zero-order valence-corrected chi connectivity index (χ0v) is 19.3. The third-order valence-electron chi connectivity index (χ3n) is 4.85. The number of benzene rings is 2. The molecule has 164 valence electrons. The summed E-state index contributed by atoms with van der Waals surface area (Å²) in [5.74, 6) is 1.32. The first-order chi connectivity index (χ1) is 15.6. The number of hydrogen-bond donors (Lipinski definition) is 0. The van der Waals surface area contributed by atoms with Gasteiger partial charge < -0.3 is 9.47 Å². The number of methoxy groups -OCH3 is 1. The van der Waals surface area contributed by atoms with E-state index in [1.807, 2.05) is 43.3 Å². The zero-order valence-electron chi connectivity index (χ0n) is 17.7. The van der Waals surface area contributed by atoms with Gasteiger partial charge >= 0.3 is 0 Å². The van der Waals surface area contributed by atoms with E-state index in [2.05, 4.69) is 4.98 Å². The predicted octanol–water partition coefficient (Wildman–Crippen LogP) is 5.53. The highest BCUT2D eigenvalue weighted by atomic mass is 35.5. The van der Waals surface area contributed by atoms with Crippen LogP contribution in [-0.4, -0.2) is 29.6 Å². The Bertz CT molecular complexity index is 1210. The van der Waals surface area contributed by atoms with Gasteiger partial charge in [0.1, 0.15) is 17.0 Å². The van der Waals surface area contributed by atoms with Crippen molar-refractivity contribution in [3.05, 3.63) is 77.1 Å². The van der Waals surface area contributed by atoms with Crippen LogP contribution < -0.4 is 14.4 Å². The Morgan fingerprint density at radius 2 is 1.94 bits per heavy atom. The number of nitrogens with zero attached hydrogens (tertiary/aromatic N) is 3. The van der Waals surface area contributed by atoms with Gasteiger partial charge in [0, 0.05) is 12.4 Å². The van der Waals surface area contributed by atoms with Crippen LogP contribution in [0.25, 0.3) is 10.2 Å². The Labute approximate surface area is 195 Å². The molecule has 2 aromatic carbocycles. The van der Waals surface area contributed by atoms with Crippen LogP contribution in [-0.2, 0) is 17.8 Å². The fourth-order valence-electron chi connectivity index (χ4n) is 3.30. The summed E-state index contributed by atoms with van der Waals surface area (Å²) in [7, 11) is 1.59. The van der Waals surface area contributed by atoms with Crippen LogP contribution in [0.3, 0.4) is 0 Å². The van der Waals surface area contributed by atoms with Crippen LogP contribution in [0.1, 0.15) is 18.1 Å². The molecular weight excluding hydrogens is 446 g/mol. The number of carbonyl (C=O) groups is 1. The van der Waals surface area contributed by atoms with E-state index in [9.17, 15) is 4.79 Å². The molecule has 0 fully saturated rings. The minimum absolute atomic E-state index is 0.0767. The van der Waals surface area contributed by atoms with E-state index in [4.69, 9.17) is 26.1 Å². The van der Waals surface area contributed by atoms with Gasteiger partial charge in [-0.05, 0) is 48.4 Å². The Morgan fingerprint density at radius 1 is 1.12 bits per heavy atom. The van der Waals surface area contributed by atoms with Gasteiger partial charge in [-0.2, -0.15) is 0 Å². The first kappa shape index (κ1) is 22.0. The van der Waals surface area contributed by atoms with Gasteiger partial charge in [0.25, 0.3) is 0 Å². The molecule has 0 aliphatic carbocycles. The smallest absolute Gasteiger partial charge is 0.233 e. The van der Waals surface area contributed by atoms with Gasteiger partial charge in [0.15, 0.2) is 5.13 Å². The number of amides is 1. The highest BCUT2D eigenvalue weighted by molar-refractivity contribution is 7.23. The second-order valence-corrected chi connectivity index (χ2v) is 8.40. The lowest BCUT2D eigenvalue weighted by molar-refractivity contribution is -0.118. The molecule has 32 heavy (non-hydrogen) atoms. The van der Waals surface area contributed by atoms with E-state index in [-0.39, 0.29) is 12.3 Å². The molecule has 2 heterocycles. The van der Waals surface area contributed by atoms with E-state index >= 15 is 0 Å². The van der Waals surface area contributed by atoms with Crippen LogP contribution in [0.4, 0.5) is 5.13 Å². The number of thiazole rings is 1. The van der Waals surface area contributed by atoms with E-state index in [0.717, 1.165) is 21.6 Å². The molecule has 0 saturated carbocycles. The molecule has 1 amide bonds. The lowest BCUT2D eigenvalue weighted by Gasteiger charge is -2.20. The zero-order chi connectivity index (χ0) is 22.5. The quantitative estimate of drug-likeness (QED) is 0.341. The maximum Gasteiger partial charge on any atom is 0.233 e. The molecule has 0 atom stereocenters. The topological polar surface area (TPSA) is 64.5 Å². The summed E-state index contributed by atoms with van der Waals surface area (Å²) in [4.78, 5) is 24.0. The molecule has 4 rings (SSSR count). The molecule has 0 spiro atoms. The molecule has 0 bridgehead atoms. The number of carbonyl (C=O) groups excluding carboxylic acids is 1. The molecule has 0 aliphatic rings. The van der Waals surface area contributed by atoms with Crippen LogP contribution in [0.5, 0.6) is 11.5 Å². The number of fused-ring (bicyclic) bond motifs is 1. The van der Waals surface area contributed by atoms with Gasteiger partial charge in [-0.15, -0.1) is 0 Å². The highest BCUT2D eigenvalue weighted by Crippen LogP contribution is 2.39. The second kappa shape index (κ2) is 9.97. The van der Waals surface area contributed by atoms with Crippen molar-refractivity contribution in [3.8, 4) is 11.5 Å². The van der Waals surface area contributed by atoms with Crippen molar-refractivity contribution in [2.45, 2.75) is 19.9 Å². The fraction of sp³-hybridized carbons (Fsp3) is 0.208. The molecule has 6 nitrogen and oxygen atoms in total. The first-order valence-electron chi connectivity index (χ1n) is 10.1. The van der Waals surface area contributed by atoms with E-state index < -0.39 is 0 Å². The largest absolute Gasteiger partial charge is 0.494 e. The average molecular weight is 468 g/mol. The fourth-order valence-corrected chi connectivity index (χ4v) is 4.57. The van der Waals surface area contributed by atoms with Gasteiger partial charge in [-0.25, -0.2) is 4.98 Å². The number of rotatable bonds is 8. The monoisotopic (exact) mass is 467 g/mol. The normalized spacial score (nSPS) is 10.8. The lowest BCUT2D eigenvalue weighted by Crippen LogP contribution is -2.31.